The van der Waals surface area contributed by atoms with E-state index in [4.69, 9.17) is 0 Å². The van der Waals surface area contributed by atoms with E-state index in [1.165, 1.54) is 12.1 Å². The van der Waals surface area contributed by atoms with Gasteiger partial charge in [0.2, 0.25) is 0 Å². The van der Waals surface area contributed by atoms with E-state index in [-0.39, 0.29) is 108 Å². The first kappa shape index (κ1) is 32.4. The minimum atomic E-state index is -3.18. The Morgan fingerprint density at radius 1 is 0.862 bits per heavy atom. The topological polar surface area (TPSA) is 104 Å². The Kier molecular flexibility index (Phi) is 19.8. The molecule has 1 N–H and O–H groups in total. The van der Waals surface area contributed by atoms with E-state index in [2.05, 4.69) is 13.8 Å². The minimum absolute atomic E-state index is 0. The van der Waals surface area contributed by atoms with Gasteiger partial charge in [-0.15, -0.1) is 0 Å². The first-order chi connectivity index (χ1) is 12.9. The summed E-state index contributed by atoms with van der Waals surface area (Å²) in [7, 11) is 0. The number of unbranched alkanes of at least 4 members (excludes halogenated alkanes) is 6. The molecular formula is C21H31K2NO5. The summed E-state index contributed by atoms with van der Waals surface area (Å²) in [5.74, 6) is -4.18. The number of carboxylic acids is 2. The van der Waals surface area contributed by atoms with Crippen LogP contribution >= 0.6 is 0 Å². The second kappa shape index (κ2) is 17.7. The van der Waals surface area contributed by atoms with Gasteiger partial charge in [0.05, 0.1) is 11.9 Å². The summed E-state index contributed by atoms with van der Waals surface area (Å²) in [5.41, 5.74) is -2.99. The SMILES string of the molecule is CCCCCCN(CCCCCC)c1ccccc1C(O)(C(=O)[O-])C(=O)[O-].[K+].[K+]. The molecule has 1 aromatic carbocycles. The van der Waals surface area contributed by atoms with E-state index in [1.807, 2.05) is 4.90 Å². The Morgan fingerprint density at radius 3 is 1.72 bits per heavy atom. The van der Waals surface area contributed by atoms with Crippen LogP contribution in [0.3, 0.4) is 0 Å². The van der Waals surface area contributed by atoms with E-state index < -0.39 is 17.5 Å². The monoisotopic (exact) mass is 455 g/mol. The van der Waals surface area contributed by atoms with Gasteiger partial charge < -0.3 is 29.8 Å². The van der Waals surface area contributed by atoms with Gasteiger partial charge in [-0.05, 0) is 18.9 Å². The zero-order valence-corrected chi connectivity index (χ0v) is 24.7. The summed E-state index contributed by atoms with van der Waals surface area (Å²) in [6.45, 7) is 5.58. The van der Waals surface area contributed by atoms with Crippen LogP contribution in [0, 0.1) is 0 Å². The fraction of sp³-hybridized carbons (Fsp3) is 0.619. The Labute approximate surface area is 259 Å². The van der Waals surface area contributed by atoms with Crippen molar-refractivity contribution in [2.24, 2.45) is 0 Å². The van der Waals surface area contributed by atoms with Crippen molar-refractivity contribution in [3.05, 3.63) is 29.8 Å². The van der Waals surface area contributed by atoms with Crippen molar-refractivity contribution < 1.29 is 128 Å². The quantitative estimate of drug-likeness (QED) is 0.172. The summed E-state index contributed by atoms with van der Waals surface area (Å²) in [4.78, 5) is 24.8. The normalized spacial score (nSPS) is 10.6. The molecule has 1 rings (SSSR count). The maximum absolute atomic E-state index is 11.4. The fourth-order valence-corrected chi connectivity index (χ4v) is 3.17. The summed E-state index contributed by atoms with van der Waals surface area (Å²) < 4.78 is 0. The number of carbonyl (C=O) groups is 2. The zero-order chi connectivity index (χ0) is 20.3. The third kappa shape index (κ3) is 10.1. The molecule has 0 atom stereocenters. The average molecular weight is 456 g/mol. The third-order valence-corrected chi connectivity index (χ3v) is 4.79. The molecule has 8 heteroatoms. The van der Waals surface area contributed by atoms with Gasteiger partial charge in [-0.25, -0.2) is 0 Å². The fourth-order valence-electron chi connectivity index (χ4n) is 3.17. The van der Waals surface area contributed by atoms with Gasteiger partial charge in [0, 0.05) is 24.3 Å². The third-order valence-electron chi connectivity index (χ3n) is 4.79. The van der Waals surface area contributed by atoms with Crippen molar-refractivity contribution in [2.75, 3.05) is 18.0 Å². The first-order valence-corrected chi connectivity index (χ1v) is 9.89. The Balaban J connectivity index is 0. The van der Waals surface area contributed by atoms with Gasteiger partial charge in [0.15, 0.2) is 5.60 Å². The largest absolute Gasteiger partial charge is 1.00 e. The molecule has 0 radical (unpaired) electrons. The molecule has 0 amide bonds. The summed E-state index contributed by atoms with van der Waals surface area (Å²) >= 11 is 0. The van der Waals surface area contributed by atoms with Crippen molar-refractivity contribution in [3.8, 4) is 0 Å². The van der Waals surface area contributed by atoms with E-state index >= 15 is 0 Å². The Bertz CT molecular complexity index is 586. The molecule has 0 saturated carbocycles. The van der Waals surface area contributed by atoms with Gasteiger partial charge in [-0.1, -0.05) is 70.6 Å². The van der Waals surface area contributed by atoms with Crippen molar-refractivity contribution in [1.29, 1.82) is 0 Å². The molecule has 0 unspecified atom stereocenters. The number of para-hydroxylation sites is 1. The van der Waals surface area contributed by atoms with Crippen LogP contribution in [0.25, 0.3) is 0 Å². The van der Waals surface area contributed by atoms with Crippen LogP contribution in [0.4, 0.5) is 5.69 Å². The standard InChI is InChI=1S/C21H33NO5.2K/c1-3-5-7-11-15-22(16-12-8-6-4-2)18-14-10-9-13-17(18)21(27,19(23)24)20(25)26;;/h9-10,13-14,27H,3-8,11-12,15-16H2,1-2H3,(H,23,24)(H,25,26);;/q;2*+1/p-2. The van der Waals surface area contributed by atoms with Crippen LogP contribution in [-0.4, -0.2) is 30.1 Å². The van der Waals surface area contributed by atoms with Gasteiger partial charge in [0.25, 0.3) is 0 Å². The average Bonchev–Trinajstić information content (AvgIpc) is 2.65. The van der Waals surface area contributed by atoms with Gasteiger partial charge in [-0.3, -0.25) is 0 Å². The number of hydrogen-bond donors (Lipinski definition) is 1. The molecule has 0 bridgehead atoms. The zero-order valence-electron chi connectivity index (χ0n) is 18.4. The van der Waals surface area contributed by atoms with E-state index in [1.54, 1.807) is 12.1 Å². The van der Waals surface area contributed by atoms with Gasteiger partial charge in [0.1, 0.15) is 0 Å². The Morgan fingerprint density at radius 2 is 1.31 bits per heavy atom. The molecule has 0 fully saturated rings. The molecule has 1 aromatic rings. The summed E-state index contributed by atoms with van der Waals surface area (Å²) in [5, 5.41) is 33.2. The summed E-state index contributed by atoms with van der Waals surface area (Å²) in [6, 6.07) is 6.16. The van der Waals surface area contributed by atoms with Crippen LogP contribution < -0.4 is 118 Å². The molecule has 0 aliphatic carbocycles. The number of benzene rings is 1. The second-order valence-corrected chi connectivity index (χ2v) is 6.91. The van der Waals surface area contributed by atoms with Crippen molar-refractivity contribution in [2.45, 2.75) is 70.8 Å². The molecule has 0 spiro atoms. The molecular weight excluding hydrogens is 424 g/mol. The molecule has 0 aliphatic heterocycles. The predicted octanol–water partition coefficient (Wildman–Crippen LogP) is -4.65. The molecule has 0 aliphatic rings. The number of nitrogens with zero attached hydrogens (tertiary/aromatic N) is 1. The van der Waals surface area contributed by atoms with Crippen molar-refractivity contribution >= 4 is 17.6 Å². The molecule has 0 aromatic heterocycles. The molecule has 152 valence electrons. The van der Waals surface area contributed by atoms with Gasteiger partial charge in [-0.2, -0.15) is 0 Å². The first-order valence-electron chi connectivity index (χ1n) is 9.89. The Hall–Kier alpha value is 1.19. The number of aliphatic hydroxyl groups is 1. The van der Waals surface area contributed by atoms with E-state index in [9.17, 15) is 24.9 Å². The summed E-state index contributed by atoms with van der Waals surface area (Å²) in [6.07, 6.45) is 8.30. The number of anilines is 1. The number of rotatable bonds is 14. The number of aliphatic carboxylic acids is 2. The van der Waals surface area contributed by atoms with Crippen LogP contribution in [0.1, 0.15) is 70.8 Å². The smallest absolute Gasteiger partial charge is 0.546 e. The number of carboxylic acid groups (broad SMARTS) is 2. The minimum Gasteiger partial charge on any atom is -0.546 e. The maximum Gasteiger partial charge on any atom is 1.00 e. The molecule has 0 heterocycles. The van der Waals surface area contributed by atoms with Crippen LogP contribution in [0.2, 0.25) is 0 Å². The van der Waals surface area contributed by atoms with E-state index in [0.29, 0.717) is 18.8 Å². The van der Waals surface area contributed by atoms with Crippen molar-refractivity contribution in [3.63, 3.8) is 0 Å². The maximum atomic E-state index is 11.4. The van der Waals surface area contributed by atoms with Crippen LogP contribution in [0.15, 0.2) is 24.3 Å². The van der Waals surface area contributed by atoms with E-state index in [0.717, 1.165) is 51.4 Å². The molecule has 0 saturated heterocycles. The number of hydrogen-bond acceptors (Lipinski definition) is 6. The second-order valence-electron chi connectivity index (χ2n) is 6.91. The van der Waals surface area contributed by atoms with Crippen LogP contribution in [-0.2, 0) is 15.2 Å². The molecule has 6 nitrogen and oxygen atoms in total. The predicted molar refractivity (Wildman–Crippen MR) is 101 cm³/mol. The number of carbonyl (C=O) groups excluding carboxylic acids is 2. The van der Waals surface area contributed by atoms with Crippen molar-refractivity contribution in [1.82, 2.24) is 0 Å². The van der Waals surface area contributed by atoms with Gasteiger partial charge >= 0.3 is 103 Å². The van der Waals surface area contributed by atoms with Crippen LogP contribution in [0.5, 0.6) is 0 Å². The molecule has 29 heavy (non-hydrogen) atoms.